The minimum atomic E-state index is -0.479. The smallest absolute Gasteiger partial charge is 0.161 e. The summed E-state index contributed by atoms with van der Waals surface area (Å²) in [7, 11) is 3.06. The molecule has 0 fully saturated rings. The minimum absolute atomic E-state index is 0.241. The molecule has 0 bridgehead atoms. The van der Waals surface area contributed by atoms with Crippen LogP contribution in [0.5, 0.6) is 11.5 Å². The van der Waals surface area contributed by atoms with Gasteiger partial charge in [-0.15, -0.1) is 0 Å². The SMILES string of the molecule is COc1ccc(C(Br)c2cc(F)c(C)cc2F)cc1OC. The standard InChI is InChI=1S/C16H15BrF2O2/c1-9-6-13(19)11(8-12(9)18)16(17)10-4-5-14(20-2)15(7-10)21-3/h4-8,16H,1-3H3. The van der Waals surface area contributed by atoms with Gasteiger partial charge in [-0.2, -0.15) is 0 Å². The van der Waals surface area contributed by atoms with Crippen molar-refractivity contribution in [2.45, 2.75) is 11.8 Å². The van der Waals surface area contributed by atoms with Crippen LogP contribution in [0, 0.1) is 18.6 Å². The van der Waals surface area contributed by atoms with Gasteiger partial charge in [-0.1, -0.05) is 22.0 Å². The summed E-state index contributed by atoms with van der Waals surface area (Å²) in [4.78, 5) is -0.479. The van der Waals surface area contributed by atoms with Crippen LogP contribution in [0.4, 0.5) is 8.78 Å². The summed E-state index contributed by atoms with van der Waals surface area (Å²) in [6.45, 7) is 1.53. The van der Waals surface area contributed by atoms with E-state index in [2.05, 4.69) is 15.9 Å². The predicted molar refractivity (Wildman–Crippen MR) is 81.4 cm³/mol. The predicted octanol–water partition coefficient (Wildman–Crippen LogP) is 4.77. The van der Waals surface area contributed by atoms with E-state index in [0.29, 0.717) is 11.5 Å². The van der Waals surface area contributed by atoms with Crippen LogP contribution >= 0.6 is 15.9 Å². The summed E-state index contributed by atoms with van der Waals surface area (Å²) in [5.41, 5.74) is 1.27. The van der Waals surface area contributed by atoms with E-state index in [-0.39, 0.29) is 11.1 Å². The molecule has 2 aromatic rings. The van der Waals surface area contributed by atoms with Crippen molar-refractivity contribution in [2.75, 3.05) is 14.2 Å². The lowest BCUT2D eigenvalue weighted by Crippen LogP contribution is -2.00. The number of rotatable bonds is 4. The van der Waals surface area contributed by atoms with Gasteiger partial charge in [0.1, 0.15) is 11.6 Å². The highest BCUT2D eigenvalue weighted by atomic mass is 79.9. The average molecular weight is 357 g/mol. The molecule has 0 saturated heterocycles. The molecule has 0 N–H and O–H groups in total. The highest BCUT2D eigenvalue weighted by Gasteiger charge is 2.18. The molecule has 112 valence electrons. The molecular weight excluding hydrogens is 342 g/mol. The van der Waals surface area contributed by atoms with Gasteiger partial charge in [0.05, 0.1) is 19.0 Å². The molecule has 0 aliphatic heterocycles. The maximum Gasteiger partial charge on any atom is 0.161 e. The van der Waals surface area contributed by atoms with Gasteiger partial charge in [0.15, 0.2) is 11.5 Å². The molecular formula is C16H15BrF2O2. The van der Waals surface area contributed by atoms with E-state index in [1.807, 2.05) is 0 Å². The Kier molecular flexibility index (Phi) is 4.83. The van der Waals surface area contributed by atoms with Crippen molar-refractivity contribution >= 4 is 15.9 Å². The molecule has 0 aromatic heterocycles. The molecule has 0 radical (unpaired) electrons. The monoisotopic (exact) mass is 356 g/mol. The van der Waals surface area contributed by atoms with Crippen LogP contribution in [0.2, 0.25) is 0 Å². The van der Waals surface area contributed by atoms with Gasteiger partial charge in [-0.25, -0.2) is 8.78 Å². The molecule has 0 aliphatic rings. The Balaban J connectivity index is 2.45. The number of alkyl halides is 1. The van der Waals surface area contributed by atoms with Crippen LogP contribution in [-0.4, -0.2) is 14.2 Å². The summed E-state index contributed by atoms with van der Waals surface area (Å²) >= 11 is 3.41. The van der Waals surface area contributed by atoms with Crippen LogP contribution in [0.15, 0.2) is 30.3 Å². The first-order valence-electron chi connectivity index (χ1n) is 6.29. The average Bonchev–Trinajstić information content (AvgIpc) is 2.49. The van der Waals surface area contributed by atoms with Gasteiger partial charge in [-0.3, -0.25) is 0 Å². The first-order valence-corrected chi connectivity index (χ1v) is 7.21. The van der Waals surface area contributed by atoms with Crippen LogP contribution in [0.25, 0.3) is 0 Å². The second-order valence-electron chi connectivity index (χ2n) is 4.60. The van der Waals surface area contributed by atoms with E-state index >= 15 is 0 Å². The van der Waals surface area contributed by atoms with Crippen molar-refractivity contribution in [1.82, 2.24) is 0 Å². The molecule has 0 heterocycles. The number of ether oxygens (including phenoxy) is 2. The van der Waals surface area contributed by atoms with Crippen molar-refractivity contribution in [3.8, 4) is 11.5 Å². The number of halogens is 3. The fourth-order valence-electron chi connectivity index (χ4n) is 2.05. The lowest BCUT2D eigenvalue weighted by atomic mass is 10.0. The fourth-order valence-corrected chi connectivity index (χ4v) is 2.68. The third-order valence-corrected chi connectivity index (χ3v) is 4.27. The second kappa shape index (κ2) is 6.43. The van der Waals surface area contributed by atoms with E-state index in [1.54, 1.807) is 18.2 Å². The van der Waals surface area contributed by atoms with Gasteiger partial charge >= 0.3 is 0 Å². The Bertz CT molecular complexity index is 659. The molecule has 0 amide bonds. The Labute approximate surface area is 130 Å². The summed E-state index contributed by atoms with van der Waals surface area (Å²) in [6, 6.07) is 7.64. The normalized spacial score (nSPS) is 12.1. The van der Waals surface area contributed by atoms with Gasteiger partial charge in [0.2, 0.25) is 0 Å². The van der Waals surface area contributed by atoms with Gasteiger partial charge < -0.3 is 9.47 Å². The Morgan fingerprint density at radius 1 is 0.952 bits per heavy atom. The maximum absolute atomic E-state index is 14.0. The quantitative estimate of drug-likeness (QED) is 0.734. The Morgan fingerprint density at radius 2 is 1.62 bits per heavy atom. The first kappa shape index (κ1) is 15.8. The van der Waals surface area contributed by atoms with Gasteiger partial charge in [0, 0.05) is 5.56 Å². The summed E-state index contributed by atoms with van der Waals surface area (Å²) in [5.74, 6) is 0.228. The zero-order valence-electron chi connectivity index (χ0n) is 11.9. The largest absolute Gasteiger partial charge is 0.493 e. The van der Waals surface area contributed by atoms with E-state index in [9.17, 15) is 8.78 Å². The third kappa shape index (κ3) is 3.18. The Morgan fingerprint density at radius 3 is 2.24 bits per heavy atom. The molecule has 5 heteroatoms. The summed E-state index contributed by atoms with van der Waals surface area (Å²) in [5, 5.41) is 0. The molecule has 2 nitrogen and oxygen atoms in total. The van der Waals surface area contributed by atoms with Crippen LogP contribution in [0.3, 0.4) is 0 Å². The minimum Gasteiger partial charge on any atom is -0.493 e. The van der Waals surface area contributed by atoms with Gasteiger partial charge in [-0.05, 0) is 42.3 Å². The molecule has 1 unspecified atom stereocenters. The lowest BCUT2D eigenvalue weighted by Gasteiger charge is -2.15. The molecule has 0 spiro atoms. The third-order valence-electron chi connectivity index (χ3n) is 3.25. The molecule has 2 rings (SSSR count). The van der Waals surface area contributed by atoms with E-state index in [4.69, 9.17) is 9.47 Å². The Hall–Kier alpha value is -1.62. The number of hydrogen-bond acceptors (Lipinski definition) is 2. The fraction of sp³-hybridized carbons (Fsp3) is 0.250. The van der Waals surface area contributed by atoms with Crippen molar-refractivity contribution in [3.63, 3.8) is 0 Å². The highest BCUT2D eigenvalue weighted by Crippen LogP contribution is 2.37. The van der Waals surface area contributed by atoms with Crippen LogP contribution in [-0.2, 0) is 0 Å². The number of hydrogen-bond donors (Lipinski definition) is 0. The molecule has 2 aromatic carbocycles. The van der Waals surface area contributed by atoms with Crippen LogP contribution < -0.4 is 9.47 Å². The highest BCUT2D eigenvalue weighted by molar-refractivity contribution is 9.09. The van der Waals surface area contributed by atoms with Crippen molar-refractivity contribution in [3.05, 3.63) is 58.7 Å². The van der Waals surface area contributed by atoms with E-state index in [1.165, 1.54) is 33.3 Å². The van der Waals surface area contributed by atoms with E-state index < -0.39 is 16.5 Å². The maximum atomic E-state index is 14.0. The lowest BCUT2D eigenvalue weighted by molar-refractivity contribution is 0.354. The van der Waals surface area contributed by atoms with Crippen molar-refractivity contribution in [2.24, 2.45) is 0 Å². The molecule has 0 aliphatic carbocycles. The molecule has 21 heavy (non-hydrogen) atoms. The zero-order chi connectivity index (χ0) is 15.6. The summed E-state index contributed by atoms with van der Waals surface area (Å²) in [6.07, 6.45) is 0. The zero-order valence-corrected chi connectivity index (χ0v) is 13.5. The van der Waals surface area contributed by atoms with Gasteiger partial charge in [0.25, 0.3) is 0 Å². The molecule has 1 atom stereocenters. The number of benzene rings is 2. The number of aryl methyl sites for hydroxylation is 1. The summed E-state index contributed by atoms with van der Waals surface area (Å²) < 4.78 is 38.1. The van der Waals surface area contributed by atoms with Crippen LogP contribution in [0.1, 0.15) is 21.5 Å². The van der Waals surface area contributed by atoms with Crippen molar-refractivity contribution < 1.29 is 18.3 Å². The topological polar surface area (TPSA) is 18.5 Å². The van der Waals surface area contributed by atoms with Crippen molar-refractivity contribution in [1.29, 1.82) is 0 Å². The second-order valence-corrected chi connectivity index (χ2v) is 5.52. The first-order chi connectivity index (χ1) is 9.97. The molecule has 0 saturated carbocycles. The van der Waals surface area contributed by atoms with E-state index in [0.717, 1.165) is 5.56 Å². The number of methoxy groups -OCH3 is 2.